The molecule has 1 heterocycles. The molecule has 80 valence electrons. The SMILES string of the molecule is O=c1ccn([C@@H]2C=C[C@H](CO)C2)c(=O)[nH]1. The van der Waals surface area contributed by atoms with E-state index in [-0.39, 0.29) is 18.6 Å². The highest BCUT2D eigenvalue weighted by Gasteiger charge is 2.20. The monoisotopic (exact) mass is 208 g/mol. The van der Waals surface area contributed by atoms with Gasteiger partial charge in [-0.3, -0.25) is 14.3 Å². The van der Waals surface area contributed by atoms with Gasteiger partial charge in [-0.1, -0.05) is 12.2 Å². The van der Waals surface area contributed by atoms with Crippen LogP contribution in [-0.2, 0) is 0 Å². The second-order valence-electron chi connectivity index (χ2n) is 3.65. The number of H-pyrrole nitrogens is 1. The summed E-state index contributed by atoms with van der Waals surface area (Å²) in [6, 6.07) is 1.26. The number of aromatic nitrogens is 2. The van der Waals surface area contributed by atoms with Crippen LogP contribution in [-0.4, -0.2) is 21.3 Å². The van der Waals surface area contributed by atoms with E-state index in [1.54, 1.807) is 0 Å². The lowest BCUT2D eigenvalue weighted by Gasteiger charge is -2.12. The second kappa shape index (κ2) is 3.86. The van der Waals surface area contributed by atoms with Crippen LogP contribution in [0.5, 0.6) is 0 Å². The molecule has 0 fully saturated rings. The van der Waals surface area contributed by atoms with Crippen LogP contribution in [0.1, 0.15) is 12.5 Å². The fourth-order valence-corrected chi connectivity index (χ4v) is 1.78. The van der Waals surface area contributed by atoms with Crippen LogP contribution in [0.2, 0.25) is 0 Å². The quantitative estimate of drug-likeness (QED) is 0.652. The van der Waals surface area contributed by atoms with E-state index in [4.69, 9.17) is 5.11 Å². The molecule has 0 spiro atoms. The molecule has 0 aliphatic heterocycles. The molecule has 5 nitrogen and oxygen atoms in total. The van der Waals surface area contributed by atoms with Crippen molar-refractivity contribution in [2.24, 2.45) is 5.92 Å². The smallest absolute Gasteiger partial charge is 0.328 e. The Balaban J connectivity index is 2.29. The maximum absolute atomic E-state index is 11.4. The first-order valence-electron chi connectivity index (χ1n) is 4.81. The maximum atomic E-state index is 11.4. The summed E-state index contributed by atoms with van der Waals surface area (Å²) in [4.78, 5) is 24.5. The van der Waals surface area contributed by atoms with Crippen LogP contribution in [0.3, 0.4) is 0 Å². The Morgan fingerprint density at radius 3 is 2.87 bits per heavy atom. The van der Waals surface area contributed by atoms with Crippen molar-refractivity contribution in [1.29, 1.82) is 0 Å². The van der Waals surface area contributed by atoms with Gasteiger partial charge in [0.05, 0.1) is 6.04 Å². The molecule has 15 heavy (non-hydrogen) atoms. The number of nitrogens with one attached hydrogen (secondary N) is 1. The van der Waals surface area contributed by atoms with E-state index in [0.29, 0.717) is 6.42 Å². The average molecular weight is 208 g/mol. The first-order valence-corrected chi connectivity index (χ1v) is 4.81. The molecule has 0 saturated carbocycles. The van der Waals surface area contributed by atoms with Crippen molar-refractivity contribution in [2.45, 2.75) is 12.5 Å². The summed E-state index contributed by atoms with van der Waals surface area (Å²) in [5.74, 6) is 0.105. The third-order valence-electron chi connectivity index (χ3n) is 2.59. The number of aliphatic hydroxyl groups excluding tert-OH is 1. The number of nitrogens with zero attached hydrogens (tertiary/aromatic N) is 1. The van der Waals surface area contributed by atoms with Crippen LogP contribution < -0.4 is 11.2 Å². The van der Waals surface area contributed by atoms with Gasteiger partial charge < -0.3 is 5.11 Å². The molecule has 1 aliphatic rings. The van der Waals surface area contributed by atoms with Gasteiger partial charge in [-0.2, -0.15) is 0 Å². The molecule has 0 saturated heterocycles. The molecule has 0 radical (unpaired) electrons. The van der Waals surface area contributed by atoms with E-state index in [0.717, 1.165) is 0 Å². The minimum atomic E-state index is -0.407. The van der Waals surface area contributed by atoms with Crippen LogP contribution in [0, 0.1) is 5.92 Å². The molecular formula is C10H12N2O3. The Morgan fingerprint density at radius 2 is 2.27 bits per heavy atom. The van der Waals surface area contributed by atoms with E-state index in [1.165, 1.54) is 16.8 Å². The molecule has 0 aromatic carbocycles. The number of rotatable bonds is 2. The molecule has 2 rings (SSSR count). The Kier molecular flexibility index (Phi) is 2.55. The van der Waals surface area contributed by atoms with Crippen LogP contribution in [0.25, 0.3) is 0 Å². The van der Waals surface area contributed by atoms with E-state index in [1.807, 2.05) is 12.2 Å². The number of hydrogen-bond acceptors (Lipinski definition) is 3. The number of hydrogen-bond donors (Lipinski definition) is 2. The molecule has 1 aromatic heterocycles. The third kappa shape index (κ3) is 1.92. The zero-order chi connectivity index (χ0) is 10.8. The van der Waals surface area contributed by atoms with Crippen molar-refractivity contribution in [3.8, 4) is 0 Å². The molecule has 5 heteroatoms. The van der Waals surface area contributed by atoms with Gasteiger partial charge in [-0.05, 0) is 6.42 Å². The van der Waals surface area contributed by atoms with Gasteiger partial charge in [0.1, 0.15) is 0 Å². The highest BCUT2D eigenvalue weighted by Crippen LogP contribution is 2.25. The van der Waals surface area contributed by atoms with Crippen LogP contribution in [0.15, 0.2) is 34.0 Å². The summed E-state index contributed by atoms with van der Waals surface area (Å²) in [6.45, 7) is 0.0884. The Bertz CT molecular complexity index is 486. The zero-order valence-electron chi connectivity index (χ0n) is 8.09. The van der Waals surface area contributed by atoms with Crippen molar-refractivity contribution < 1.29 is 5.11 Å². The molecule has 2 N–H and O–H groups in total. The van der Waals surface area contributed by atoms with Gasteiger partial charge in [0.15, 0.2) is 0 Å². The first-order chi connectivity index (χ1) is 7.20. The van der Waals surface area contributed by atoms with E-state index in [9.17, 15) is 9.59 Å². The van der Waals surface area contributed by atoms with E-state index in [2.05, 4.69) is 4.98 Å². The lowest BCUT2D eigenvalue weighted by Crippen LogP contribution is -2.30. The standard InChI is InChI=1S/C10H12N2O3/c13-6-7-1-2-8(5-7)12-4-3-9(14)11-10(12)15/h1-4,7-8,13H,5-6H2,(H,11,14,15)/t7-,8+/m0/s1. The van der Waals surface area contributed by atoms with Crippen LogP contribution in [0.4, 0.5) is 0 Å². The highest BCUT2D eigenvalue weighted by molar-refractivity contribution is 5.06. The molecule has 2 atom stereocenters. The van der Waals surface area contributed by atoms with Gasteiger partial charge in [0.25, 0.3) is 5.56 Å². The minimum Gasteiger partial charge on any atom is -0.396 e. The molecular weight excluding hydrogens is 196 g/mol. The Labute approximate surface area is 85.7 Å². The van der Waals surface area contributed by atoms with Gasteiger partial charge in [0, 0.05) is 24.8 Å². The maximum Gasteiger partial charge on any atom is 0.328 e. The second-order valence-corrected chi connectivity index (χ2v) is 3.65. The number of aliphatic hydroxyl groups is 1. The van der Waals surface area contributed by atoms with Gasteiger partial charge >= 0.3 is 5.69 Å². The lowest BCUT2D eigenvalue weighted by molar-refractivity contribution is 0.243. The third-order valence-corrected chi connectivity index (χ3v) is 2.59. The zero-order valence-corrected chi connectivity index (χ0v) is 8.09. The number of allylic oxidation sites excluding steroid dienone is 1. The van der Waals surface area contributed by atoms with Gasteiger partial charge in [-0.15, -0.1) is 0 Å². The van der Waals surface area contributed by atoms with Crippen molar-refractivity contribution in [2.75, 3.05) is 6.61 Å². The largest absolute Gasteiger partial charge is 0.396 e. The summed E-state index contributed by atoms with van der Waals surface area (Å²) in [6.07, 6.45) is 5.95. The number of aromatic amines is 1. The van der Waals surface area contributed by atoms with Gasteiger partial charge in [0.2, 0.25) is 0 Å². The summed E-state index contributed by atoms with van der Waals surface area (Å²) >= 11 is 0. The molecule has 1 aliphatic carbocycles. The van der Waals surface area contributed by atoms with E-state index < -0.39 is 11.2 Å². The van der Waals surface area contributed by atoms with Crippen molar-refractivity contribution in [3.63, 3.8) is 0 Å². The predicted molar refractivity (Wildman–Crippen MR) is 54.7 cm³/mol. The summed E-state index contributed by atoms with van der Waals surface area (Å²) < 4.78 is 1.47. The molecule has 0 amide bonds. The summed E-state index contributed by atoms with van der Waals surface area (Å²) in [7, 11) is 0. The summed E-state index contributed by atoms with van der Waals surface area (Å²) in [5, 5.41) is 8.95. The average Bonchev–Trinajstić information content (AvgIpc) is 2.66. The molecule has 0 unspecified atom stereocenters. The first kappa shape index (κ1) is 9.92. The lowest BCUT2D eigenvalue weighted by atomic mass is 10.1. The molecule has 1 aromatic rings. The van der Waals surface area contributed by atoms with Crippen LogP contribution >= 0.6 is 0 Å². The van der Waals surface area contributed by atoms with Crippen molar-refractivity contribution in [3.05, 3.63) is 45.3 Å². The highest BCUT2D eigenvalue weighted by atomic mass is 16.3. The van der Waals surface area contributed by atoms with E-state index >= 15 is 0 Å². The van der Waals surface area contributed by atoms with Crippen molar-refractivity contribution >= 4 is 0 Å². The summed E-state index contributed by atoms with van der Waals surface area (Å²) in [5.41, 5.74) is -0.798. The fraction of sp³-hybridized carbons (Fsp3) is 0.400. The topological polar surface area (TPSA) is 75.1 Å². The van der Waals surface area contributed by atoms with Gasteiger partial charge in [-0.25, -0.2) is 4.79 Å². The fourth-order valence-electron chi connectivity index (χ4n) is 1.78. The minimum absolute atomic E-state index is 0.0634. The normalized spacial score (nSPS) is 24.6. The Hall–Kier alpha value is -1.62. The molecule has 0 bridgehead atoms. The van der Waals surface area contributed by atoms with Crippen molar-refractivity contribution in [1.82, 2.24) is 9.55 Å². The predicted octanol–water partition coefficient (Wildman–Crippen LogP) is -0.354. The Morgan fingerprint density at radius 1 is 1.47 bits per heavy atom.